The molecule has 0 saturated carbocycles. The molecule has 100 valence electrons. The maximum absolute atomic E-state index is 11.4. The summed E-state index contributed by atoms with van der Waals surface area (Å²) in [7, 11) is 0. The summed E-state index contributed by atoms with van der Waals surface area (Å²) in [6, 6.07) is 5.35. The van der Waals surface area contributed by atoms with Gasteiger partial charge in [0.2, 0.25) is 0 Å². The number of carboxylic acid groups (broad SMARTS) is 1. The molecule has 0 fully saturated rings. The molecule has 2 aliphatic rings. The monoisotopic (exact) mass is 259 g/mol. The number of carboxylic acids is 1. The Morgan fingerprint density at radius 1 is 1.53 bits per heavy atom. The van der Waals surface area contributed by atoms with Crippen LogP contribution >= 0.6 is 0 Å². The molecule has 1 aliphatic heterocycles. The SMILES string of the molecule is CCOc1cccc2c1N[C@H](C(=O)O)[C@H]1CC=C[C@@H]21. The van der Waals surface area contributed by atoms with Crippen molar-refractivity contribution in [3.05, 3.63) is 35.9 Å². The third-order valence-corrected chi connectivity index (χ3v) is 3.92. The molecule has 0 bridgehead atoms. The number of rotatable bonds is 3. The first-order chi connectivity index (χ1) is 9.22. The second kappa shape index (κ2) is 4.61. The molecule has 1 aromatic rings. The molecule has 4 nitrogen and oxygen atoms in total. The van der Waals surface area contributed by atoms with E-state index in [4.69, 9.17) is 4.74 Å². The first kappa shape index (κ1) is 12.1. The van der Waals surface area contributed by atoms with Gasteiger partial charge in [0.1, 0.15) is 11.8 Å². The first-order valence-corrected chi connectivity index (χ1v) is 6.64. The van der Waals surface area contributed by atoms with Crippen LogP contribution in [-0.2, 0) is 4.79 Å². The van der Waals surface area contributed by atoms with E-state index in [1.54, 1.807) is 0 Å². The molecule has 2 N–H and O–H groups in total. The zero-order valence-corrected chi connectivity index (χ0v) is 10.8. The molecular weight excluding hydrogens is 242 g/mol. The van der Waals surface area contributed by atoms with E-state index in [0.717, 1.165) is 23.4 Å². The van der Waals surface area contributed by atoms with E-state index in [9.17, 15) is 9.90 Å². The van der Waals surface area contributed by atoms with Gasteiger partial charge < -0.3 is 15.2 Å². The number of allylic oxidation sites excluding steroid dienone is 2. The average molecular weight is 259 g/mol. The van der Waals surface area contributed by atoms with Crippen molar-refractivity contribution in [2.45, 2.75) is 25.3 Å². The maximum atomic E-state index is 11.4. The summed E-state index contributed by atoms with van der Waals surface area (Å²) < 4.78 is 5.60. The summed E-state index contributed by atoms with van der Waals surface area (Å²) in [4.78, 5) is 11.4. The fraction of sp³-hybridized carbons (Fsp3) is 0.400. The van der Waals surface area contributed by atoms with Crippen molar-refractivity contribution >= 4 is 11.7 Å². The number of nitrogens with one attached hydrogen (secondary N) is 1. The minimum atomic E-state index is -0.796. The molecule has 0 radical (unpaired) electrons. The van der Waals surface area contributed by atoms with Crippen LogP contribution in [0, 0.1) is 5.92 Å². The van der Waals surface area contributed by atoms with Crippen LogP contribution in [0.15, 0.2) is 30.4 Å². The molecule has 19 heavy (non-hydrogen) atoms. The molecular formula is C15H17NO3. The molecule has 1 aliphatic carbocycles. The topological polar surface area (TPSA) is 58.6 Å². The number of hydrogen-bond donors (Lipinski definition) is 2. The predicted molar refractivity (Wildman–Crippen MR) is 72.6 cm³/mol. The van der Waals surface area contributed by atoms with Crippen molar-refractivity contribution in [2.75, 3.05) is 11.9 Å². The Morgan fingerprint density at radius 2 is 2.37 bits per heavy atom. The molecule has 1 heterocycles. The molecule has 0 saturated heterocycles. The summed E-state index contributed by atoms with van der Waals surface area (Å²) >= 11 is 0. The van der Waals surface area contributed by atoms with Gasteiger partial charge in [0.05, 0.1) is 12.3 Å². The Hall–Kier alpha value is -1.97. The van der Waals surface area contributed by atoms with E-state index in [0.29, 0.717) is 6.61 Å². The van der Waals surface area contributed by atoms with Gasteiger partial charge in [-0.3, -0.25) is 0 Å². The Balaban J connectivity index is 2.07. The Morgan fingerprint density at radius 3 is 3.11 bits per heavy atom. The molecule has 4 heteroatoms. The van der Waals surface area contributed by atoms with Crippen LogP contribution in [0.5, 0.6) is 5.75 Å². The highest BCUT2D eigenvalue weighted by Gasteiger charge is 2.41. The number of benzene rings is 1. The second-order valence-electron chi connectivity index (χ2n) is 4.97. The number of hydrogen-bond acceptors (Lipinski definition) is 3. The van der Waals surface area contributed by atoms with E-state index in [-0.39, 0.29) is 11.8 Å². The van der Waals surface area contributed by atoms with E-state index in [2.05, 4.69) is 23.5 Å². The molecule has 0 aromatic heterocycles. The molecule has 0 amide bonds. The Labute approximate surface area is 112 Å². The van der Waals surface area contributed by atoms with Gasteiger partial charge in [0, 0.05) is 11.8 Å². The fourth-order valence-electron chi connectivity index (χ4n) is 3.11. The summed E-state index contributed by atoms with van der Waals surface area (Å²) in [5, 5.41) is 12.6. The molecule has 3 rings (SSSR count). The molecule has 0 spiro atoms. The number of ether oxygens (including phenoxy) is 1. The normalized spacial score (nSPS) is 27.3. The van der Waals surface area contributed by atoms with Crippen LogP contribution in [0.3, 0.4) is 0 Å². The Kier molecular flexibility index (Phi) is 2.93. The van der Waals surface area contributed by atoms with Crippen LogP contribution in [0.4, 0.5) is 5.69 Å². The number of aliphatic carboxylic acids is 1. The first-order valence-electron chi connectivity index (χ1n) is 6.64. The zero-order valence-electron chi connectivity index (χ0n) is 10.8. The highest BCUT2D eigenvalue weighted by Crippen LogP contribution is 2.47. The molecule has 1 aromatic carbocycles. The summed E-state index contributed by atoms with van der Waals surface area (Å²) in [6.07, 6.45) is 5.01. The summed E-state index contributed by atoms with van der Waals surface area (Å²) in [5.41, 5.74) is 1.98. The largest absolute Gasteiger partial charge is 0.492 e. The third-order valence-electron chi connectivity index (χ3n) is 3.92. The van der Waals surface area contributed by atoms with Gasteiger partial charge in [-0.25, -0.2) is 4.79 Å². The molecule has 3 atom stereocenters. The van der Waals surface area contributed by atoms with Crippen LogP contribution < -0.4 is 10.1 Å². The lowest BCUT2D eigenvalue weighted by Crippen LogP contribution is -2.41. The lowest BCUT2D eigenvalue weighted by Gasteiger charge is -2.35. The van der Waals surface area contributed by atoms with Crippen LogP contribution in [0.1, 0.15) is 24.8 Å². The van der Waals surface area contributed by atoms with Crippen LogP contribution in [0.25, 0.3) is 0 Å². The smallest absolute Gasteiger partial charge is 0.326 e. The molecule has 0 unspecified atom stereocenters. The van der Waals surface area contributed by atoms with Crippen LogP contribution in [0.2, 0.25) is 0 Å². The van der Waals surface area contributed by atoms with Gasteiger partial charge in [-0.05, 0) is 25.0 Å². The fourth-order valence-corrected chi connectivity index (χ4v) is 3.11. The van der Waals surface area contributed by atoms with Crippen molar-refractivity contribution < 1.29 is 14.6 Å². The van der Waals surface area contributed by atoms with Crippen molar-refractivity contribution in [3.8, 4) is 5.75 Å². The number of para-hydroxylation sites is 1. The highest BCUT2D eigenvalue weighted by molar-refractivity contribution is 5.82. The summed E-state index contributed by atoms with van der Waals surface area (Å²) in [6.45, 7) is 2.50. The minimum Gasteiger partial charge on any atom is -0.492 e. The van der Waals surface area contributed by atoms with Gasteiger partial charge in [0.15, 0.2) is 0 Å². The van der Waals surface area contributed by atoms with Crippen molar-refractivity contribution in [2.24, 2.45) is 5.92 Å². The van der Waals surface area contributed by atoms with Gasteiger partial charge in [0.25, 0.3) is 0 Å². The van der Waals surface area contributed by atoms with E-state index in [1.165, 1.54) is 0 Å². The zero-order chi connectivity index (χ0) is 13.4. The van der Waals surface area contributed by atoms with Gasteiger partial charge in [-0.2, -0.15) is 0 Å². The van der Waals surface area contributed by atoms with Crippen molar-refractivity contribution in [1.82, 2.24) is 0 Å². The van der Waals surface area contributed by atoms with Gasteiger partial charge in [-0.15, -0.1) is 0 Å². The van der Waals surface area contributed by atoms with E-state index < -0.39 is 12.0 Å². The van der Waals surface area contributed by atoms with Gasteiger partial charge >= 0.3 is 5.97 Å². The Bertz CT molecular complexity index is 538. The minimum absolute atomic E-state index is 0.0990. The van der Waals surface area contributed by atoms with Crippen LogP contribution in [-0.4, -0.2) is 23.7 Å². The van der Waals surface area contributed by atoms with E-state index >= 15 is 0 Å². The van der Waals surface area contributed by atoms with Crippen molar-refractivity contribution in [3.63, 3.8) is 0 Å². The maximum Gasteiger partial charge on any atom is 0.326 e. The lowest BCUT2D eigenvalue weighted by atomic mass is 9.79. The quantitative estimate of drug-likeness (QED) is 0.819. The highest BCUT2D eigenvalue weighted by atomic mass is 16.5. The van der Waals surface area contributed by atoms with E-state index in [1.807, 2.05) is 19.1 Å². The number of carbonyl (C=O) groups is 1. The standard InChI is InChI=1S/C15H17NO3/c1-2-19-12-8-4-7-10-9-5-3-6-11(9)14(15(17)18)16-13(10)12/h3-5,7-9,11,14,16H,2,6H2,1H3,(H,17,18)/t9-,11-,14-/m0/s1. The number of fused-ring (bicyclic) bond motifs is 3. The average Bonchev–Trinajstić information content (AvgIpc) is 2.87. The lowest BCUT2D eigenvalue weighted by molar-refractivity contribution is -0.139. The number of anilines is 1. The second-order valence-corrected chi connectivity index (χ2v) is 4.97. The predicted octanol–water partition coefficient (Wildman–Crippen LogP) is 2.62. The summed E-state index contributed by atoms with van der Waals surface area (Å²) in [5.74, 6) is 0.222. The van der Waals surface area contributed by atoms with Crippen molar-refractivity contribution in [1.29, 1.82) is 0 Å². The third kappa shape index (κ3) is 1.87. The van der Waals surface area contributed by atoms with Gasteiger partial charge in [-0.1, -0.05) is 24.3 Å².